The van der Waals surface area contributed by atoms with E-state index in [1.54, 1.807) is 0 Å². The molecule has 2 aromatic rings. The summed E-state index contributed by atoms with van der Waals surface area (Å²) in [7, 11) is 2.00. The molecule has 0 unspecified atom stereocenters. The van der Waals surface area contributed by atoms with Crippen molar-refractivity contribution in [3.05, 3.63) is 36.0 Å². The van der Waals surface area contributed by atoms with Crippen LogP contribution in [0, 0.1) is 0 Å². The Morgan fingerprint density at radius 1 is 1.25 bits per heavy atom. The molecule has 106 valence electrons. The molecule has 2 heterocycles. The molecule has 1 aromatic carbocycles. The largest absolute Gasteiger partial charge is 0.351 e. The molecule has 20 heavy (non-hydrogen) atoms. The highest BCUT2D eigenvalue weighted by molar-refractivity contribution is 6.06. The fourth-order valence-corrected chi connectivity index (χ4v) is 2.98. The van der Waals surface area contributed by atoms with Crippen LogP contribution in [-0.2, 0) is 7.05 Å². The molecule has 1 saturated heterocycles. The SMILES string of the molecule is Cn1ccc2c(C(=O)N3CCC[C@@H](N)CC3)cccc21. The number of nitrogens with two attached hydrogens (primary N) is 1. The second-order valence-electron chi connectivity index (χ2n) is 5.65. The topological polar surface area (TPSA) is 51.3 Å². The summed E-state index contributed by atoms with van der Waals surface area (Å²) in [5.41, 5.74) is 7.89. The second-order valence-corrected chi connectivity index (χ2v) is 5.65. The standard InChI is InChI=1S/C16H21N3O/c1-18-10-8-13-14(5-2-6-15(13)18)16(20)19-9-3-4-12(17)7-11-19/h2,5-6,8,10,12H,3-4,7,9,11,17H2,1H3/t12-/m1/s1. The van der Waals surface area contributed by atoms with Crippen molar-refractivity contribution >= 4 is 16.8 Å². The van der Waals surface area contributed by atoms with E-state index in [1.807, 2.05) is 47.0 Å². The first kappa shape index (κ1) is 13.2. The monoisotopic (exact) mass is 271 g/mol. The molecule has 0 radical (unpaired) electrons. The van der Waals surface area contributed by atoms with Crippen LogP contribution in [0.25, 0.3) is 10.9 Å². The van der Waals surface area contributed by atoms with Crippen molar-refractivity contribution in [1.82, 2.24) is 9.47 Å². The van der Waals surface area contributed by atoms with Crippen LogP contribution in [0.15, 0.2) is 30.5 Å². The normalized spacial score (nSPS) is 20.1. The van der Waals surface area contributed by atoms with Crippen LogP contribution in [0.2, 0.25) is 0 Å². The minimum absolute atomic E-state index is 0.135. The number of benzene rings is 1. The fourth-order valence-electron chi connectivity index (χ4n) is 2.98. The molecule has 1 aliphatic heterocycles. The van der Waals surface area contributed by atoms with Crippen molar-refractivity contribution in [3.63, 3.8) is 0 Å². The number of hydrogen-bond acceptors (Lipinski definition) is 2. The first-order valence-electron chi connectivity index (χ1n) is 7.26. The van der Waals surface area contributed by atoms with Gasteiger partial charge in [-0.1, -0.05) is 6.07 Å². The number of aromatic nitrogens is 1. The zero-order valence-electron chi connectivity index (χ0n) is 11.9. The van der Waals surface area contributed by atoms with Crippen LogP contribution in [0.4, 0.5) is 0 Å². The number of aryl methyl sites for hydroxylation is 1. The molecule has 0 bridgehead atoms. The van der Waals surface area contributed by atoms with E-state index in [-0.39, 0.29) is 11.9 Å². The molecule has 3 rings (SSSR count). The number of hydrogen-bond donors (Lipinski definition) is 1. The summed E-state index contributed by atoms with van der Waals surface area (Å²) >= 11 is 0. The average molecular weight is 271 g/mol. The summed E-state index contributed by atoms with van der Waals surface area (Å²) in [5.74, 6) is 0.135. The number of carbonyl (C=O) groups is 1. The van der Waals surface area contributed by atoms with E-state index in [0.29, 0.717) is 0 Å². The van der Waals surface area contributed by atoms with Crippen molar-refractivity contribution in [2.45, 2.75) is 25.3 Å². The quantitative estimate of drug-likeness (QED) is 0.864. The average Bonchev–Trinajstić information content (AvgIpc) is 2.69. The van der Waals surface area contributed by atoms with Crippen LogP contribution in [-0.4, -0.2) is 34.5 Å². The summed E-state index contributed by atoms with van der Waals surface area (Å²) in [6.07, 6.45) is 4.91. The number of likely N-dealkylation sites (tertiary alicyclic amines) is 1. The minimum Gasteiger partial charge on any atom is -0.351 e. The van der Waals surface area contributed by atoms with Gasteiger partial charge in [-0.05, 0) is 37.5 Å². The summed E-state index contributed by atoms with van der Waals surface area (Å²) in [5, 5.41) is 1.04. The van der Waals surface area contributed by atoms with E-state index in [0.717, 1.165) is 48.8 Å². The fraction of sp³-hybridized carbons (Fsp3) is 0.438. The molecule has 0 aliphatic carbocycles. The molecular weight excluding hydrogens is 250 g/mol. The molecule has 1 aliphatic rings. The third-order valence-electron chi connectivity index (χ3n) is 4.22. The maximum Gasteiger partial charge on any atom is 0.254 e. The Balaban J connectivity index is 1.92. The maximum absolute atomic E-state index is 12.8. The van der Waals surface area contributed by atoms with E-state index in [2.05, 4.69) is 0 Å². The molecule has 0 saturated carbocycles. The predicted octanol–water partition coefficient (Wildman–Crippen LogP) is 2.13. The van der Waals surface area contributed by atoms with Gasteiger partial charge >= 0.3 is 0 Å². The number of rotatable bonds is 1. The van der Waals surface area contributed by atoms with Crippen molar-refractivity contribution in [2.75, 3.05) is 13.1 Å². The third-order valence-corrected chi connectivity index (χ3v) is 4.22. The van der Waals surface area contributed by atoms with Gasteiger partial charge in [0.15, 0.2) is 0 Å². The Kier molecular flexibility index (Phi) is 3.49. The summed E-state index contributed by atoms with van der Waals surface area (Å²) in [6.45, 7) is 1.58. The van der Waals surface area contributed by atoms with Gasteiger partial charge in [-0.15, -0.1) is 0 Å². The molecule has 1 aromatic heterocycles. The summed E-state index contributed by atoms with van der Waals surface area (Å²) < 4.78 is 2.05. The number of carbonyl (C=O) groups excluding carboxylic acids is 1. The lowest BCUT2D eigenvalue weighted by Gasteiger charge is -2.21. The predicted molar refractivity (Wildman–Crippen MR) is 80.6 cm³/mol. The highest BCUT2D eigenvalue weighted by Crippen LogP contribution is 2.22. The smallest absolute Gasteiger partial charge is 0.254 e. The van der Waals surface area contributed by atoms with Crippen molar-refractivity contribution < 1.29 is 4.79 Å². The Labute approximate surface area is 119 Å². The number of amides is 1. The molecule has 4 nitrogen and oxygen atoms in total. The van der Waals surface area contributed by atoms with Gasteiger partial charge in [0.2, 0.25) is 0 Å². The van der Waals surface area contributed by atoms with E-state index in [4.69, 9.17) is 5.73 Å². The van der Waals surface area contributed by atoms with Gasteiger partial charge in [0.05, 0.1) is 0 Å². The highest BCUT2D eigenvalue weighted by Gasteiger charge is 2.21. The van der Waals surface area contributed by atoms with E-state index in [9.17, 15) is 4.79 Å². The van der Waals surface area contributed by atoms with Crippen LogP contribution >= 0.6 is 0 Å². The Morgan fingerprint density at radius 2 is 2.10 bits per heavy atom. The van der Waals surface area contributed by atoms with E-state index in [1.165, 1.54) is 0 Å². The van der Waals surface area contributed by atoms with Crippen molar-refractivity contribution in [1.29, 1.82) is 0 Å². The van der Waals surface area contributed by atoms with Crippen molar-refractivity contribution in [2.24, 2.45) is 12.8 Å². The second kappa shape index (κ2) is 5.29. The summed E-state index contributed by atoms with van der Waals surface area (Å²) in [4.78, 5) is 14.7. The first-order valence-corrected chi connectivity index (χ1v) is 7.26. The molecule has 0 spiro atoms. The van der Waals surface area contributed by atoms with Gasteiger partial charge in [-0.3, -0.25) is 4.79 Å². The Morgan fingerprint density at radius 3 is 2.95 bits per heavy atom. The molecule has 4 heteroatoms. The van der Waals surface area contributed by atoms with E-state index >= 15 is 0 Å². The van der Waals surface area contributed by atoms with Gasteiger partial charge in [-0.2, -0.15) is 0 Å². The summed E-state index contributed by atoms with van der Waals surface area (Å²) in [6, 6.07) is 8.19. The molecule has 1 fully saturated rings. The van der Waals surface area contributed by atoms with Crippen molar-refractivity contribution in [3.8, 4) is 0 Å². The van der Waals surface area contributed by atoms with Crippen LogP contribution in [0.1, 0.15) is 29.6 Å². The lowest BCUT2D eigenvalue weighted by atomic mass is 10.1. The molecule has 2 N–H and O–H groups in total. The Bertz CT molecular complexity index is 632. The van der Waals surface area contributed by atoms with Gasteiger partial charge in [0, 0.05) is 48.8 Å². The zero-order chi connectivity index (χ0) is 14.1. The lowest BCUT2D eigenvalue weighted by Crippen LogP contribution is -2.32. The van der Waals surface area contributed by atoms with Crippen LogP contribution in [0.5, 0.6) is 0 Å². The Hall–Kier alpha value is -1.81. The molecule has 1 amide bonds. The maximum atomic E-state index is 12.8. The van der Waals surface area contributed by atoms with E-state index < -0.39 is 0 Å². The number of nitrogens with zero attached hydrogens (tertiary/aromatic N) is 2. The van der Waals surface area contributed by atoms with Gasteiger partial charge in [0.25, 0.3) is 5.91 Å². The van der Waals surface area contributed by atoms with Crippen LogP contribution in [0.3, 0.4) is 0 Å². The van der Waals surface area contributed by atoms with Crippen LogP contribution < -0.4 is 5.73 Å². The van der Waals surface area contributed by atoms with Gasteiger partial charge in [0.1, 0.15) is 0 Å². The lowest BCUT2D eigenvalue weighted by molar-refractivity contribution is 0.0763. The third kappa shape index (κ3) is 2.31. The van der Waals surface area contributed by atoms with Gasteiger partial charge in [-0.25, -0.2) is 0 Å². The highest BCUT2D eigenvalue weighted by atomic mass is 16.2. The van der Waals surface area contributed by atoms with Gasteiger partial charge < -0.3 is 15.2 Å². The first-order chi connectivity index (χ1) is 9.66. The minimum atomic E-state index is 0.135. The zero-order valence-corrected chi connectivity index (χ0v) is 11.9. The number of fused-ring (bicyclic) bond motifs is 1. The molecule has 1 atom stereocenters. The molecular formula is C16H21N3O.